The highest BCUT2D eigenvalue weighted by Crippen LogP contribution is 2.32. The third kappa shape index (κ3) is 3.38. The lowest BCUT2D eigenvalue weighted by Gasteiger charge is -2.48. The first-order valence-corrected chi connectivity index (χ1v) is 5.53. The average molecular weight is 249 g/mol. The summed E-state index contributed by atoms with van der Waals surface area (Å²) < 4.78 is 5.69. The molecule has 0 bridgehead atoms. The van der Waals surface area contributed by atoms with Gasteiger partial charge in [-0.2, -0.15) is 0 Å². The molecule has 1 fully saturated rings. The summed E-state index contributed by atoms with van der Waals surface area (Å²) in [7, 11) is 0. The lowest BCUT2D eigenvalue weighted by molar-refractivity contribution is -0.202. The van der Waals surface area contributed by atoms with Crippen molar-refractivity contribution in [2.75, 3.05) is 6.61 Å². The van der Waals surface area contributed by atoms with Gasteiger partial charge in [0, 0.05) is 12.8 Å². The Morgan fingerprint density at radius 3 is 2.41 bits per heavy atom. The van der Waals surface area contributed by atoms with Gasteiger partial charge < -0.3 is 25.7 Å². The average Bonchev–Trinajstić information content (AvgIpc) is 2.18. The minimum Gasteiger partial charge on any atom is -0.412 e. The molecule has 1 amide bonds. The van der Waals surface area contributed by atoms with Gasteiger partial charge in [0.2, 0.25) is 5.91 Å². The Morgan fingerprint density at radius 2 is 2.00 bits per heavy atom. The van der Waals surface area contributed by atoms with Crippen molar-refractivity contribution in [3.63, 3.8) is 0 Å². The summed E-state index contributed by atoms with van der Waals surface area (Å²) in [4.78, 5) is 11.1. The lowest BCUT2D eigenvalue weighted by atomic mass is 9.81. The third-order valence-corrected chi connectivity index (χ3v) is 3.21. The minimum absolute atomic E-state index is 0. The highest BCUT2D eigenvalue weighted by molar-refractivity contribution is 5.73. The molecule has 0 aromatic heterocycles. The van der Waals surface area contributed by atoms with Crippen molar-refractivity contribution in [1.29, 1.82) is 0 Å². The molecule has 0 saturated carbocycles. The monoisotopic (exact) mass is 249 g/mol. The summed E-state index contributed by atoms with van der Waals surface area (Å²) in [6.07, 6.45) is -1.11. The molecule has 1 aliphatic rings. The fourth-order valence-corrected chi connectivity index (χ4v) is 2.19. The molecule has 0 spiro atoms. The van der Waals surface area contributed by atoms with Crippen molar-refractivity contribution in [3.05, 3.63) is 0 Å². The third-order valence-electron chi connectivity index (χ3n) is 3.21. The number of nitrogens with one attached hydrogen (secondary N) is 1. The summed E-state index contributed by atoms with van der Waals surface area (Å²) >= 11 is 0. The number of ether oxygens (including phenoxy) is 1. The molecule has 1 aliphatic heterocycles. The van der Waals surface area contributed by atoms with Crippen LogP contribution < -0.4 is 5.32 Å². The molecule has 6 nitrogen and oxygen atoms in total. The fraction of sp³-hybridized carbons (Fsp3) is 0.909. The Kier molecular flexibility index (Phi) is 5.54. The molecule has 1 saturated heterocycles. The Morgan fingerprint density at radius 1 is 1.47 bits per heavy atom. The van der Waals surface area contributed by atoms with Gasteiger partial charge in [0.1, 0.15) is 0 Å². The Hall–Kier alpha value is -0.690. The van der Waals surface area contributed by atoms with Crippen LogP contribution in [0.15, 0.2) is 0 Å². The number of rotatable bonds is 2. The normalized spacial score (nSPS) is 35.9. The molecule has 1 heterocycles. The number of aliphatic hydroxyl groups is 2. The Labute approximate surface area is 101 Å². The van der Waals surface area contributed by atoms with Crippen molar-refractivity contribution < 1.29 is 25.2 Å². The number of hydrogen-bond acceptors (Lipinski definition) is 4. The summed E-state index contributed by atoms with van der Waals surface area (Å²) in [5, 5.41) is 22.0. The fourth-order valence-electron chi connectivity index (χ4n) is 2.19. The second-order valence-electron chi connectivity index (χ2n) is 4.97. The van der Waals surface area contributed by atoms with Crippen molar-refractivity contribution >= 4 is 5.91 Å². The van der Waals surface area contributed by atoms with Gasteiger partial charge in [-0.3, -0.25) is 4.79 Å². The van der Waals surface area contributed by atoms with Gasteiger partial charge in [-0.15, -0.1) is 0 Å². The van der Waals surface area contributed by atoms with E-state index in [4.69, 9.17) is 9.84 Å². The van der Waals surface area contributed by atoms with Gasteiger partial charge in [-0.25, -0.2) is 0 Å². The van der Waals surface area contributed by atoms with E-state index in [0.717, 1.165) is 0 Å². The first-order valence-electron chi connectivity index (χ1n) is 5.53. The molecule has 0 aromatic carbocycles. The molecule has 17 heavy (non-hydrogen) atoms. The molecule has 1 rings (SSSR count). The minimum atomic E-state index is -0.718. The van der Waals surface area contributed by atoms with Crippen LogP contribution in [-0.4, -0.2) is 52.1 Å². The van der Waals surface area contributed by atoms with Crippen LogP contribution in [0.4, 0.5) is 0 Å². The summed E-state index contributed by atoms with van der Waals surface area (Å²) in [6, 6.07) is -0.456. The molecule has 3 unspecified atom stereocenters. The topological polar surface area (TPSA) is 110 Å². The van der Waals surface area contributed by atoms with E-state index in [1.54, 1.807) is 20.8 Å². The van der Waals surface area contributed by atoms with E-state index in [9.17, 15) is 9.90 Å². The molecule has 0 aliphatic carbocycles. The van der Waals surface area contributed by atoms with Crippen LogP contribution in [0.3, 0.4) is 0 Å². The van der Waals surface area contributed by atoms with E-state index in [2.05, 4.69) is 5.32 Å². The zero-order chi connectivity index (χ0) is 12.5. The van der Waals surface area contributed by atoms with Crippen molar-refractivity contribution in [3.8, 4) is 0 Å². The molecule has 6 heteroatoms. The quantitative estimate of drug-likeness (QED) is 0.573. The van der Waals surface area contributed by atoms with Crippen LogP contribution in [0.25, 0.3) is 0 Å². The zero-order valence-electron chi connectivity index (χ0n) is 10.7. The number of carbonyl (C=O) groups excluding carboxylic acids is 1. The van der Waals surface area contributed by atoms with E-state index in [1.165, 1.54) is 6.92 Å². The maximum absolute atomic E-state index is 11.1. The summed E-state index contributed by atoms with van der Waals surface area (Å²) in [5.74, 6) is -0.412. The molecule has 5 N–H and O–H groups in total. The first-order chi connectivity index (χ1) is 7.29. The zero-order valence-corrected chi connectivity index (χ0v) is 10.7. The van der Waals surface area contributed by atoms with Crippen molar-refractivity contribution in [2.45, 2.75) is 51.5 Å². The maximum Gasteiger partial charge on any atom is 0.217 e. The smallest absolute Gasteiger partial charge is 0.217 e. The summed E-state index contributed by atoms with van der Waals surface area (Å²) in [6.45, 7) is 6.67. The predicted octanol–water partition coefficient (Wildman–Crippen LogP) is -1.17. The largest absolute Gasteiger partial charge is 0.412 e. The van der Waals surface area contributed by atoms with Crippen LogP contribution in [0.2, 0.25) is 0 Å². The first kappa shape index (κ1) is 16.3. The molecular formula is C11H23NO5. The van der Waals surface area contributed by atoms with Gasteiger partial charge in [-0.1, -0.05) is 6.92 Å². The van der Waals surface area contributed by atoms with Crippen LogP contribution in [-0.2, 0) is 9.53 Å². The van der Waals surface area contributed by atoms with E-state index < -0.39 is 23.9 Å². The maximum atomic E-state index is 11.1. The van der Waals surface area contributed by atoms with E-state index in [1.807, 2.05) is 0 Å². The van der Waals surface area contributed by atoms with E-state index in [-0.39, 0.29) is 23.9 Å². The van der Waals surface area contributed by atoms with Crippen LogP contribution >= 0.6 is 0 Å². The second kappa shape index (κ2) is 5.77. The van der Waals surface area contributed by atoms with Gasteiger partial charge in [0.15, 0.2) is 0 Å². The standard InChI is InChI=1S/C11H21NO4.H2O/c1-6-8(5-13)16-11(3,4)10(9(6)15)12-7(2)14;/h6,8-10,13,15H,5H2,1-4H3,(H,12,14);1H2/t6-,8?,9?,10?;/m1./s1. The number of aliphatic hydroxyl groups excluding tert-OH is 2. The van der Waals surface area contributed by atoms with Crippen LogP contribution in [0.5, 0.6) is 0 Å². The molecule has 102 valence electrons. The van der Waals surface area contributed by atoms with Crippen molar-refractivity contribution in [2.24, 2.45) is 5.92 Å². The van der Waals surface area contributed by atoms with Crippen LogP contribution in [0, 0.1) is 5.92 Å². The van der Waals surface area contributed by atoms with Crippen LogP contribution in [0.1, 0.15) is 27.7 Å². The van der Waals surface area contributed by atoms with Crippen molar-refractivity contribution in [1.82, 2.24) is 5.32 Å². The number of hydrogen-bond donors (Lipinski definition) is 3. The molecule has 0 radical (unpaired) electrons. The highest BCUT2D eigenvalue weighted by Gasteiger charge is 2.47. The number of carbonyl (C=O) groups is 1. The lowest BCUT2D eigenvalue weighted by Crippen LogP contribution is -2.65. The van der Waals surface area contributed by atoms with Gasteiger partial charge in [0.05, 0.1) is 30.5 Å². The second-order valence-corrected chi connectivity index (χ2v) is 4.97. The Balaban J connectivity index is 0.00000256. The molecule has 0 aromatic rings. The molecule has 4 atom stereocenters. The summed E-state index contributed by atoms with van der Waals surface area (Å²) in [5.41, 5.74) is -0.689. The van der Waals surface area contributed by atoms with Gasteiger partial charge in [-0.05, 0) is 13.8 Å². The Bertz CT molecular complexity index is 269. The number of amides is 1. The predicted molar refractivity (Wildman–Crippen MR) is 62.4 cm³/mol. The highest BCUT2D eigenvalue weighted by atomic mass is 16.5. The van der Waals surface area contributed by atoms with E-state index >= 15 is 0 Å². The molecular weight excluding hydrogens is 226 g/mol. The van der Waals surface area contributed by atoms with E-state index in [0.29, 0.717) is 0 Å². The van der Waals surface area contributed by atoms with Gasteiger partial charge >= 0.3 is 0 Å². The SMILES string of the molecule is CC(=O)NC1C(O)[C@H](C)C(CO)OC1(C)C.O. The van der Waals surface area contributed by atoms with Gasteiger partial charge in [0.25, 0.3) is 0 Å².